The van der Waals surface area contributed by atoms with Crippen LogP contribution in [0.25, 0.3) is 17.2 Å². The lowest BCUT2D eigenvalue weighted by molar-refractivity contribution is 0.0894. The standard InChI is InChI=1S/C24H24N6O4/c1-3-29-23(32)19(27-30(24(29)33)18-12-8-5-9-13-18)20-26-22(34-28-20)21(31)25-16(2)14-15-17-10-6-4-7-11-17/h4-13,16H,3,14-15H2,1-2H3,(H,25,31)/t16-/m0/s1. The topological polar surface area (TPSA) is 125 Å². The van der Waals surface area contributed by atoms with Crippen LogP contribution in [0.3, 0.4) is 0 Å². The van der Waals surface area contributed by atoms with Crippen LogP contribution in [0.5, 0.6) is 0 Å². The Bertz CT molecular complexity index is 1390. The van der Waals surface area contributed by atoms with Crippen molar-refractivity contribution in [3.05, 3.63) is 93.0 Å². The van der Waals surface area contributed by atoms with Gasteiger partial charge in [-0.2, -0.15) is 14.8 Å². The quantitative estimate of drug-likeness (QED) is 0.427. The van der Waals surface area contributed by atoms with Crippen LogP contribution in [-0.2, 0) is 13.0 Å². The summed E-state index contributed by atoms with van der Waals surface area (Å²) >= 11 is 0. The Morgan fingerprint density at radius 3 is 2.41 bits per heavy atom. The number of amides is 1. The van der Waals surface area contributed by atoms with Gasteiger partial charge in [0.05, 0.1) is 5.69 Å². The van der Waals surface area contributed by atoms with Crippen molar-refractivity contribution in [3.8, 4) is 17.2 Å². The van der Waals surface area contributed by atoms with Gasteiger partial charge in [0.1, 0.15) is 0 Å². The van der Waals surface area contributed by atoms with E-state index in [1.807, 2.05) is 37.3 Å². The maximum atomic E-state index is 12.8. The number of para-hydroxylation sites is 1. The number of nitrogens with one attached hydrogen (secondary N) is 1. The number of aromatic nitrogens is 5. The molecule has 0 aliphatic carbocycles. The molecule has 0 aliphatic rings. The van der Waals surface area contributed by atoms with Gasteiger partial charge in [-0.15, -0.1) is 0 Å². The van der Waals surface area contributed by atoms with E-state index < -0.39 is 17.2 Å². The minimum absolute atomic E-state index is 0.129. The lowest BCUT2D eigenvalue weighted by Gasteiger charge is -2.12. The van der Waals surface area contributed by atoms with Crippen LogP contribution >= 0.6 is 0 Å². The Morgan fingerprint density at radius 2 is 1.74 bits per heavy atom. The van der Waals surface area contributed by atoms with Crippen LogP contribution in [0.4, 0.5) is 0 Å². The summed E-state index contributed by atoms with van der Waals surface area (Å²) in [6.45, 7) is 3.69. The molecule has 2 heterocycles. The number of carbonyl (C=O) groups is 1. The highest BCUT2D eigenvalue weighted by atomic mass is 16.5. The first-order valence-electron chi connectivity index (χ1n) is 11.0. The molecule has 0 spiro atoms. The van der Waals surface area contributed by atoms with Crippen molar-refractivity contribution in [2.75, 3.05) is 0 Å². The number of benzene rings is 2. The molecule has 0 saturated heterocycles. The highest BCUT2D eigenvalue weighted by molar-refractivity contribution is 5.90. The first-order chi connectivity index (χ1) is 16.5. The Morgan fingerprint density at radius 1 is 1.06 bits per heavy atom. The Hall–Kier alpha value is -4.34. The summed E-state index contributed by atoms with van der Waals surface area (Å²) in [7, 11) is 0. The molecule has 4 rings (SSSR count). The first-order valence-corrected chi connectivity index (χ1v) is 11.0. The Kier molecular flexibility index (Phi) is 6.77. The number of hydrogen-bond donors (Lipinski definition) is 1. The third-order valence-electron chi connectivity index (χ3n) is 5.30. The van der Waals surface area contributed by atoms with Crippen molar-refractivity contribution in [1.29, 1.82) is 0 Å². The third kappa shape index (κ3) is 4.85. The number of hydrogen-bond acceptors (Lipinski definition) is 7. The number of rotatable bonds is 8. The van der Waals surface area contributed by atoms with Crippen LogP contribution < -0.4 is 16.6 Å². The molecular weight excluding hydrogens is 436 g/mol. The van der Waals surface area contributed by atoms with E-state index in [4.69, 9.17) is 4.52 Å². The summed E-state index contributed by atoms with van der Waals surface area (Å²) in [6, 6.07) is 18.5. The van der Waals surface area contributed by atoms with Gasteiger partial charge in [0.15, 0.2) is 5.69 Å². The van der Waals surface area contributed by atoms with Gasteiger partial charge in [0.2, 0.25) is 5.82 Å². The van der Waals surface area contributed by atoms with Gasteiger partial charge in [-0.3, -0.25) is 14.2 Å². The highest BCUT2D eigenvalue weighted by Crippen LogP contribution is 2.11. The largest absolute Gasteiger partial charge is 0.352 e. The van der Waals surface area contributed by atoms with Crippen molar-refractivity contribution in [2.45, 2.75) is 39.3 Å². The lowest BCUT2D eigenvalue weighted by Crippen LogP contribution is -2.41. The van der Waals surface area contributed by atoms with E-state index in [9.17, 15) is 14.4 Å². The molecule has 0 fully saturated rings. The van der Waals surface area contributed by atoms with Crippen LogP contribution in [0.1, 0.15) is 36.5 Å². The maximum absolute atomic E-state index is 12.8. The molecule has 1 amide bonds. The molecule has 10 nitrogen and oxygen atoms in total. The van der Waals surface area contributed by atoms with Crippen LogP contribution in [0.2, 0.25) is 0 Å². The van der Waals surface area contributed by atoms with E-state index in [1.54, 1.807) is 37.3 Å². The second-order valence-corrected chi connectivity index (χ2v) is 7.75. The summed E-state index contributed by atoms with van der Waals surface area (Å²) in [5.74, 6) is -1.01. The summed E-state index contributed by atoms with van der Waals surface area (Å²) in [6.07, 6.45) is 1.53. The van der Waals surface area contributed by atoms with Gasteiger partial charge in [0, 0.05) is 12.6 Å². The number of aryl methyl sites for hydroxylation is 1. The lowest BCUT2D eigenvalue weighted by atomic mass is 10.1. The predicted octanol–water partition coefficient (Wildman–Crippen LogP) is 2.22. The van der Waals surface area contributed by atoms with Crippen molar-refractivity contribution < 1.29 is 9.32 Å². The average Bonchev–Trinajstić information content (AvgIpc) is 3.35. The molecule has 1 atom stereocenters. The molecule has 34 heavy (non-hydrogen) atoms. The molecule has 0 unspecified atom stereocenters. The molecule has 0 aliphatic heterocycles. The molecule has 0 radical (unpaired) electrons. The molecule has 10 heteroatoms. The summed E-state index contributed by atoms with van der Waals surface area (Å²) in [4.78, 5) is 42.3. The van der Waals surface area contributed by atoms with E-state index in [2.05, 4.69) is 20.6 Å². The predicted molar refractivity (Wildman–Crippen MR) is 125 cm³/mol. The van der Waals surface area contributed by atoms with Crippen LogP contribution in [-0.4, -0.2) is 36.4 Å². The second-order valence-electron chi connectivity index (χ2n) is 7.75. The van der Waals surface area contributed by atoms with Crippen molar-refractivity contribution >= 4 is 5.91 Å². The van der Waals surface area contributed by atoms with Gasteiger partial charge < -0.3 is 9.84 Å². The average molecular weight is 460 g/mol. The summed E-state index contributed by atoms with van der Waals surface area (Å²) in [5.41, 5.74) is 0.213. The van der Waals surface area contributed by atoms with Crippen LogP contribution in [0.15, 0.2) is 74.8 Å². The SMILES string of the molecule is CCn1c(=O)c(-c2noc(C(=O)N[C@@H](C)CCc3ccccc3)n2)nn(-c2ccccc2)c1=O. The molecule has 2 aromatic heterocycles. The highest BCUT2D eigenvalue weighted by Gasteiger charge is 2.23. The van der Waals surface area contributed by atoms with Crippen molar-refractivity contribution in [3.63, 3.8) is 0 Å². The van der Waals surface area contributed by atoms with E-state index >= 15 is 0 Å². The summed E-state index contributed by atoms with van der Waals surface area (Å²) < 4.78 is 7.22. The fraction of sp³-hybridized carbons (Fsp3) is 0.250. The Balaban J connectivity index is 1.56. The van der Waals surface area contributed by atoms with E-state index in [1.165, 1.54) is 5.56 Å². The van der Waals surface area contributed by atoms with Crippen LogP contribution in [0, 0.1) is 0 Å². The summed E-state index contributed by atoms with van der Waals surface area (Å²) in [5, 5.41) is 10.8. The van der Waals surface area contributed by atoms with Gasteiger partial charge in [-0.25, -0.2) is 4.79 Å². The number of nitrogens with zero attached hydrogens (tertiary/aromatic N) is 5. The van der Waals surface area contributed by atoms with Gasteiger partial charge in [0.25, 0.3) is 5.56 Å². The molecule has 0 bridgehead atoms. The molecular formula is C24H24N6O4. The molecule has 4 aromatic rings. The zero-order chi connectivity index (χ0) is 24.1. The zero-order valence-corrected chi connectivity index (χ0v) is 18.8. The minimum atomic E-state index is -0.663. The van der Waals surface area contributed by atoms with Gasteiger partial charge >= 0.3 is 17.5 Å². The first kappa shape index (κ1) is 22.8. The van der Waals surface area contributed by atoms with E-state index in [-0.39, 0.29) is 30.0 Å². The monoisotopic (exact) mass is 460 g/mol. The molecule has 2 aromatic carbocycles. The second kappa shape index (κ2) is 10.1. The van der Waals surface area contributed by atoms with E-state index in [0.717, 1.165) is 22.1 Å². The normalized spacial score (nSPS) is 11.8. The Labute approximate surface area is 194 Å². The van der Waals surface area contributed by atoms with Gasteiger partial charge in [-0.05, 0) is 44.4 Å². The molecule has 174 valence electrons. The minimum Gasteiger partial charge on any atom is -0.345 e. The number of carbonyl (C=O) groups excluding carboxylic acids is 1. The zero-order valence-electron chi connectivity index (χ0n) is 18.8. The smallest absolute Gasteiger partial charge is 0.345 e. The third-order valence-corrected chi connectivity index (χ3v) is 5.30. The van der Waals surface area contributed by atoms with Crippen molar-refractivity contribution in [1.82, 2.24) is 29.8 Å². The van der Waals surface area contributed by atoms with E-state index in [0.29, 0.717) is 5.69 Å². The van der Waals surface area contributed by atoms with Crippen molar-refractivity contribution in [2.24, 2.45) is 0 Å². The maximum Gasteiger partial charge on any atom is 0.352 e. The van der Waals surface area contributed by atoms with Gasteiger partial charge in [-0.1, -0.05) is 53.7 Å². The molecule has 0 saturated carbocycles. The fourth-order valence-corrected chi connectivity index (χ4v) is 3.47. The molecule has 1 N–H and O–H groups in total. The fourth-order valence-electron chi connectivity index (χ4n) is 3.47.